The average molecular weight is 501 g/mol. The number of carbonyl (C=O) groups is 2. The van der Waals surface area contributed by atoms with E-state index in [-0.39, 0.29) is 11.6 Å². The molecule has 9 nitrogen and oxygen atoms in total. The number of alkyl halides is 3. The van der Waals surface area contributed by atoms with Crippen molar-refractivity contribution in [2.45, 2.75) is 19.1 Å². The number of hydrogen-bond acceptors (Lipinski definition) is 5. The number of thiophene rings is 1. The van der Waals surface area contributed by atoms with E-state index in [4.69, 9.17) is 0 Å². The molecule has 3 amide bonds. The van der Waals surface area contributed by atoms with E-state index in [0.717, 1.165) is 33.0 Å². The van der Waals surface area contributed by atoms with Gasteiger partial charge in [0.25, 0.3) is 0 Å². The number of urea groups is 1. The molecule has 13 heteroatoms. The van der Waals surface area contributed by atoms with Crippen LogP contribution in [0.3, 0.4) is 0 Å². The predicted octanol–water partition coefficient (Wildman–Crippen LogP) is 4.52. The van der Waals surface area contributed by atoms with Gasteiger partial charge in [0.15, 0.2) is 0 Å². The van der Waals surface area contributed by atoms with Crippen molar-refractivity contribution in [2.24, 2.45) is 18.0 Å². The number of anilines is 1. The zero-order chi connectivity index (χ0) is 24.9. The molecule has 3 N–H and O–H groups in total. The Balaban J connectivity index is 1.44. The zero-order valence-corrected chi connectivity index (χ0v) is 19.2. The molecule has 1 aliphatic rings. The third-order valence-electron chi connectivity index (χ3n) is 5.69. The minimum atomic E-state index is -4.53. The van der Waals surface area contributed by atoms with E-state index in [1.807, 2.05) is 0 Å². The molecular formula is C22H18F3N7O2S. The number of nitrogens with one attached hydrogen (secondary N) is 3. The van der Waals surface area contributed by atoms with Gasteiger partial charge in [0.1, 0.15) is 17.3 Å². The number of aromatic nitrogens is 4. The third kappa shape index (κ3) is 4.30. The van der Waals surface area contributed by atoms with Gasteiger partial charge >= 0.3 is 12.2 Å². The second-order valence-corrected chi connectivity index (χ2v) is 9.17. The van der Waals surface area contributed by atoms with Gasteiger partial charge in [-0.15, -0.1) is 11.3 Å². The summed E-state index contributed by atoms with van der Waals surface area (Å²) in [4.78, 5) is 30.4. The summed E-state index contributed by atoms with van der Waals surface area (Å²) in [5, 5.41) is 17.2. The maximum Gasteiger partial charge on any atom is 0.433 e. The summed E-state index contributed by atoms with van der Waals surface area (Å²) in [5.41, 5.74) is 0.972. The summed E-state index contributed by atoms with van der Waals surface area (Å²) < 4.78 is 40.3. The molecule has 0 saturated heterocycles. The first-order valence-corrected chi connectivity index (χ1v) is 11.2. The Bertz CT molecular complexity index is 1480. The highest BCUT2D eigenvalue weighted by atomic mass is 32.1. The number of hydrogen-bond donors (Lipinski definition) is 3. The summed E-state index contributed by atoms with van der Waals surface area (Å²) in [5.74, 6) is -1.21. The van der Waals surface area contributed by atoms with Crippen LogP contribution in [0.4, 0.5) is 23.7 Å². The van der Waals surface area contributed by atoms with E-state index in [9.17, 15) is 22.8 Å². The molecule has 5 rings (SSSR count). The number of aromatic amines is 1. The lowest BCUT2D eigenvalue weighted by Gasteiger charge is -2.29. The van der Waals surface area contributed by atoms with Crippen molar-refractivity contribution in [3.8, 4) is 10.6 Å². The Kier molecular flexibility index (Phi) is 5.43. The number of carbonyl (C=O) groups excluding carboxylic acids is 2. The number of amides is 3. The SMILES string of the molecule is CC1=NC(=O)NC(c2ccc(-c3cc(C(F)(F)F)n(C)n3)s2)C1C(=O)Nc1ccc2[nH]ncc2c1. The molecule has 2 atom stereocenters. The molecule has 0 fully saturated rings. The fourth-order valence-electron chi connectivity index (χ4n) is 4.05. The van der Waals surface area contributed by atoms with Crippen molar-refractivity contribution < 1.29 is 22.8 Å². The maximum absolute atomic E-state index is 13.3. The van der Waals surface area contributed by atoms with E-state index >= 15 is 0 Å². The highest BCUT2D eigenvalue weighted by Crippen LogP contribution is 2.38. The summed E-state index contributed by atoms with van der Waals surface area (Å²) in [6.45, 7) is 1.60. The number of rotatable bonds is 4. The quantitative estimate of drug-likeness (QED) is 0.381. The van der Waals surface area contributed by atoms with Gasteiger partial charge in [-0.2, -0.15) is 23.4 Å². The second kappa shape index (κ2) is 8.34. The molecular weight excluding hydrogens is 483 g/mol. The first-order valence-electron chi connectivity index (χ1n) is 10.4. The van der Waals surface area contributed by atoms with E-state index in [0.29, 0.717) is 21.2 Å². The number of aliphatic imine (C=N–C) groups is 1. The Morgan fingerprint density at radius 3 is 2.74 bits per heavy atom. The van der Waals surface area contributed by atoms with Crippen molar-refractivity contribution in [3.05, 3.63) is 53.2 Å². The molecule has 0 radical (unpaired) electrons. The number of aryl methyl sites for hydroxylation is 1. The first kappa shape index (κ1) is 22.8. The van der Waals surface area contributed by atoms with Crippen LogP contribution in [0.15, 0.2) is 47.6 Å². The van der Waals surface area contributed by atoms with Gasteiger partial charge in [-0.05, 0) is 43.3 Å². The molecule has 1 aromatic carbocycles. The van der Waals surface area contributed by atoms with Crippen LogP contribution in [0, 0.1) is 5.92 Å². The number of fused-ring (bicyclic) bond motifs is 1. The van der Waals surface area contributed by atoms with Crippen LogP contribution in [0.1, 0.15) is 23.5 Å². The molecule has 0 saturated carbocycles. The number of halogens is 3. The van der Waals surface area contributed by atoms with Crippen LogP contribution in [0.2, 0.25) is 0 Å². The predicted molar refractivity (Wildman–Crippen MR) is 124 cm³/mol. The second-order valence-electron chi connectivity index (χ2n) is 8.06. The monoisotopic (exact) mass is 501 g/mol. The number of benzene rings is 1. The van der Waals surface area contributed by atoms with Gasteiger partial charge in [-0.3, -0.25) is 14.6 Å². The molecule has 1 aliphatic heterocycles. The van der Waals surface area contributed by atoms with Crippen LogP contribution < -0.4 is 10.6 Å². The van der Waals surface area contributed by atoms with E-state index < -0.39 is 29.9 Å². The van der Waals surface area contributed by atoms with Crippen molar-refractivity contribution in [2.75, 3.05) is 5.32 Å². The highest BCUT2D eigenvalue weighted by Gasteiger charge is 2.38. The summed E-state index contributed by atoms with van der Waals surface area (Å²) in [7, 11) is 1.23. The average Bonchev–Trinajstić information content (AvgIpc) is 3.51. The van der Waals surface area contributed by atoms with Gasteiger partial charge in [0.05, 0.1) is 22.6 Å². The highest BCUT2D eigenvalue weighted by molar-refractivity contribution is 7.15. The van der Waals surface area contributed by atoms with Crippen LogP contribution in [0.25, 0.3) is 21.5 Å². The van der Waals surface area contributed by atoms with E-state index in [1.54, 1.807) is 43.5 Å². The molecule has 3 aromatic heterocycles. The maximum atomic E-state index is 13.3. The number of nitrogens with zero attached hydrogens (tertiary/aromatic N) is 4. The van der Waals surface area contributed by atoms with Crippen molar-refractivity contribution in [1.82, 2.24) is 25.3 Å². The van der Waals surface area contributed by atoms with Crippen molar-refractivity contribution in [3.63, 3.8) is 0 Å². The third-order valence-corrected chi connectivity index (χ3v) is 6.88. The Hall–Kier alpha value is -4.00. The topological polar surface area (TPSA) is 117 Å². The van der Waals surface area contributed by atoms with E-state index in [1.165, 1.54) is 7.05 Å². The molecule has 0 aliphatic carbocycles. The zero-order valence-electron chi connectivity index (χ0n) is 18.3. The molecule has 180 valence electrons. The van der Waals surface area contributed by atoms with Crippen LogP contribution in [0.5, 0.6) is 0 Å². The standard InChI is InChI=1S/C22H18F3N7O2S/c1-10-18(20(33)28-12-3-4-13-11(7-12)9-26-30-13)19(29-21(34)27-10)16-6-5-15(35-16)14-8-17(22(23,24)25)32(2)31-14/h3-9,18-19H,1-2H3,(H,26,30)(H,28,33)(H,29,34). The number of H-pyrrole nitrogens is 1. The molecule has 2 unspecified atom stereocenters. The van der Waals surface area contributed by atoms with E-state index in [2.05, 4.69) is 30.9 Å². The van der Waals surface area contributed by atoms with Crippen molar-refractivity contribution >= 4 is 45.6 Å². The Morgan fingerprint density at radius 2 is 2.00 bits per heavy atom. The molecule has 35 heavy (non-hydrogen) atoms. The molecule has 4 aromatic rings. The van der Waals surface area contributed by atoms with Gasteiger partial charge in [-0.25, -0.2) is 9.79 Å². The van der Waals surface area contributed by atoms with Gasteiger partial charge in [0.2, 0.25) is 5.91 Å². The van der Waals surface area contributed by atoms with Gasteiger partial charge < -0.3 is 10.6 Å². The van der Waals surface area contributed by atoms with Crippen molar-refractivity contribution in [1.29, 1.82) is 0 Å². The Morgan fingerprint density at radius 1 is 1.20 bits per heavy atom. The fourth-order valence-corrected chi connectivity index (χ4v) is 5.10. The fraction of sp³-hybridized carbons (Fsp3) is 0.227. The van der Waals surface area contributed by atoms with Crippen LogP contribution >= 0.6 is 11.3 Å². The molecule has 0 spiro atoms. The largest absolute Gasteiger partial charge is 0.433 e. The lowest BCUT2D eigenvalue weighted by molar-refractivity contribution is -0.143. The summed E-state index contributed by atoms with van der Waals surface area (Å²) in [6, 6.07) is 8.20. The normalized spacial score (nSPS) is 18.4. The molecule has 0 bridgehead atoms. The van der Waals surface area contributed by atoms with Crippen LogP contribution in [-0.4, -0.2) is 37.6 Å². The minimum Gasteiger partial charge on any atom is -0.327 e. The first-order chi connectivity index (χ1) is 16.6. The summed E-state index contributed by atoms with van der Waals surface area (Å²) >= 11 is 1.15. The van der Waals surface area contributed by atoms with Gasteiger partial charge in [-0.1, -0.05) is 0 Å². The van der Waals surface area contributed by atoms with Gasteiger partial charge in [0, 0.05) is 28.7 Å². The minimum absolute atomic E-state index is 0.151. The lowest BCUT2D eigenvalue weighted by Crippen LogP contribution is -2.45. The smallest absolute Gasteiger partial charge is 0.327 e. The summed E-state index contributed by atoms with van der Waals surface area (Å²) in [6.07, 6.45) is -2.90. The van der Waals surface area contributed by atoms with Crippen LogP contribution in [-0.2, 0) is 18.0 Å². The molecule has 4 heterocycles. The Labute approximate surface area is 200 Å². The lowest BCUT2D eigenvalue weighted by atomic mass is 9.91.